The molecule has 3 heteroatoms. The zero-order valence-corrected chi connectivity index (χ0v) is 8.84. The van der Waals surface area contributed by atoms with Crippen molar-refractivity contribution in [1.29, 1.82) is 0 Å². The van der Waals surface area contributed by atoms with Crippen LogP contribution in [0.4, 0.5) is 5.69 Å². The Morgan fingerprint density at radius 3 is 2.79 bits per heavy atom. The second-order valence-electron chi connectivity index (χ2n) is 3.24. The Balaban J connectivity index is 2.28. The van der Waals surface area contributed by atoms with Crippen LogP contribution in [0.15, 0.2) is 29.8 Å². The van der Waals surface area contributed by atoms with Gasteiger partial charge in [-0.25, -0.2) is 4.98 Å². The third kappa shape index (κ3) is 1.77. The van der Waals surface area contributed by atoms with Crippen molar-refractivity contribution in [2.24, 2.45) is 0 Å². The van der Waals surface area contributed by atoms with Crippen LogP contribution in [0.1, 0.15) is 16.1 Å². The number of thiazole rings is 1. The van der Waals surface area contributed by atoms with Gasteiger partial charge >= 0.3 is 0 Å². The quantitative estimate of drug-likeness (QED) is 0.764. The lowest BCUT2D eigenvalue weighted by Crippen LogP contribution is -1.94. The highest BCUT2D eigenvalue weighted by molar-refractivity contribution is 7.09. The molecule has 0 saturated heterocycles. The van der Waals surface area contributed by atoms with Crippen molar-refractivity contribution in [3.05, 3.63) is 45.9 Å². The number of anilines is 1. The number of nitrogens with two attached hydrogens (primary N) is 1. The monoisotopic (exact) mass is 204 g/mol. The number of nitrogens with zero attached hydrogens (tertiary/aromatic N) is 1. The van der Waals surface area contributed by atoms with Gasteiger partial charge in [0.15, 0.2) is 0 Å². The van der Waals surface area contributed by atoms with Crippen molar-refractivity contribution in [3.8, 4) is 0 Å². The Morgan fingerprint density at radius 2 is 2.14 bits per heavy atom. The maximum atomic E-state index is 5.87. The lowest BCUT2D eigenvalue weighted by Gasteiger charge is -2.03. The van der Waals surface area contributed by atoms with Gasteiger partial charge in [0.05, 0.1) is 11.2 Å². The Kier molecular flexibility index (Phi) is 2.50. The average molecular weight is 204 g/mol. The van der Waals surface area contributed by atoms with Crippen LogP contribution in [0.2, 0.25) is 0 Å². The van der Waals surface area contributed by atoms with E-state index in [2.05, 4.69) is 11.1 Å². The molecule has 0 aliphatic heterocycles. The summed E-state index contributed by atoms with van der Waals surface area (Å²) >= 11 is 1.69. The van der Waals surface area contributed by atoms with Crippen molar-refractivity contribution in [2.45, 2.75) is 13.3 Å². The van der Waals surface area contributed by atoms with E-state index in [-0.39, 0.29) is 0 Å². The summed E-state index contributed by atoms with van der Waals surface area (Å²) in [7, 11) is 0. The molecular formula is C11H12N2S. The third-order valence-corrected chi connectivity index (χ3v) is 3.19. The first kappa shape index (κ1) is 9.21. The van der Waals surface area contributed by atoms with E-state index in [4.69, 9.17) is 5.73 Å². The molecule has 72 valence electrons. The lowest BCUT2D eigenvalue weighted by atomic mass is 10.1. The van der Waals surface area contributed by atoms with Crippen molar-refractivity contribution >= 4 is 17.0 Å². The van der Waals surface area contributed by atoms with E-state index in [0.29, 0.717) is 0 Å². The molecule has 2 N–H and O–H groups in total. The van der Waals surface area contributed by atoms with Gasteiger partial charge in [0, 0.05) is 17.0 Å². The molecule has 0 fully saturated rings. The summed E-state index contributed by atoms with van der Waals surface area (Å²) in [6, 6.07) is 7.97. The molecular weight excluding hydrogens is 192 g/mol. The van der Waals surface area contributed by atoms with Gasteiger partial charge in [-0.05, 0) is 18.6 Å². The number of hydrogen-bond acceptors (Lipinski definition) is 3. The molecule has 0 saturated carbocycles. The first-order valence-electron chi connectivity index (χ1n) is 4.49. The van der Waals surface area contributed by atoms with Gasteiger partial charge in [-0.2, -0.15) is 0 Å². The van der Waals surface area contributed by atoms with E-state index in [0.717, 1.165) is 17.8 Å². The molecule has 14 heavy (non-hydrogen) atoms. The molecule has 0 unspecified atom stereocenters. The molecule has 0 atom stereocenters. The largest absolute Gasteiger partial charge is 0.398 e. The van der Waals surface area contributed by atoms with Crippen LogP contribution in [0.3, 0.4) is 0 Å². The highest BCUT2D eigenvalue weighted by atomic mass is 32.1. The number of nitrogen functional groups attached to an aromatic ring is 1. The maximum Gasteiger partial charge on any atom is 0.0797 e. The van der Waals surface area contributed by atoms with Crippen molar-refractivity contribution in [1.82, 2.24) is 4.98 Å². The Hall–Kier alpha value is -1.35. The first-order valence-corrected chi connectivity index (χ1v) is 5.37. The van der Waals surface area contributed by atoms with Crippen LogP contribution in [-0.4, -0.2) is 4.98 Å². The summed E-state index contributed by atoms with van der Waals surface area (Å²) in [5, 5.41) is 0. The number of benzene rings is 1. The Bertz CT molecular complexity index is 434. The lowest BCUT2D eigenvalue weighted by molar-refractivity contribution is 1.15. The second kappa shape index (κ2) is 3.80. The maximum absolute atomic E-state index is 5.87. The van der Waals surface area contributed by atoms with Crippen molar-refractivity contribution in [2.75, 3.05) is 5.73 Å². The summed E-state index contributed by atoms with van der Waals surface area (Å²) in [6.07, 6.45) is 0.892. The molecule has 1 heterocycles. The second-order valence-corrected chi connectivity index (χ2v) is 4.18. The van der Waals surface area contributed by atoms with Gasteiger partial charge in [-0.3, -0.25) is 0 Å². The fourth-order valence-electron chi connectivity index (χ4n) is 1.36. The predicted molar refractivity (Wildman–Crippen MR) is 60.5 cm³/mol. The summed E-state index contributed by atoms with van der Waals surface area (Å²) < 4.78 is 0. The number of para-hydroxylation sites is 1. The molecule has 0 aliphatic rings. The minimum absolute atomic E-state index is 0.861. The van der Waals surface area contributed by atoms with Gasteiger partial charge in [0.1, 0.15) is 0 Å². The molecule has 2 rings (SSSR count). The van der Waals surface area contributed by atoms with Crippen molar-refractivity contribution in [3.63, 3.8) is 0 Å². The average Bonchev–Trinajstić information content (AvgIpc) is 2.56. The Morgan fingerprint density at radius 1 is 1.36 bits per heavy atom. The van der Waals surface area contributed by atoms with Gasteiger partial charge in [0.2, 0.25) is 0 Å². The van der Waals surface area contributed by atoms with E-state index in [1.54, 1.807) is 11.3 Å². The summed E-state index contributed by atoms with van der Waals surface area (Å²) in [6.45, 7) is 2.03. The molecule has 0 spiro atoms. The van der Waals surface area contributed by atoms with E-state index in [9.17, 15) is 0 Å². The van der Waals surface area contributed by atoms with E-state index in [1.165, 1.54) is 10.4 Å². The van der Waals surface area contributed by atoms with Gasteiger partial charge in [-0.15, -0.1) is 11.3 Å². The van der Waals surface area contributed by atoms with Crippen LogP contribution < -0.4 is 5.73 Å². The van der Waals surface area contributed by atoms with Crippen LogP contribution in [-0.2, 0) is 6.42 Å². The molecule has 0 radical (unpaired) electrons. The fourth-order valence-corrected chi connectivity index (χ4v) is 2.16. The van der Waals surface area contributed by atoms with Crippen LogP contribution in [0.5, 0.6) is 0 Å². The highest BCUT2D eigenvalue weighted by Gasteiger charge is 2.04. The number of hydrogen-bond donors (Lipinski definition) is 1. The topological polar surface area (TPSA) is 38.9 Å². The SMILES string of the molecule is Cc1ncsc1Cc1ccccc1N. The van der Waals surface area contributed by atoms with E-state index >= 15 is 0 Å². The minimum Gasteiger partial charge on any atom is -0.398 e. The molecule has 1 aromatic heterocycles. The fraction of sp³-hybridized carbons (Fsp3) is 0.182. The number of aryl methyl sites for hydroxylation is 1. The smallest absolute Gasteiger partial charge is 0.0797 e. The molecule has 2 aromatic rings. The molecule has 0 amide bonds. The zero-order valence-electron chi connectivity index (χ0n) is 8.03. The molecule has 1 aromatic carbocycles. The standard InChI is InChI=1S/C11H12N2S/c1-8-11(14-7-13-8)6-9-4-2-3-5-10(9)12/h2-5,7H,6,12H2,1H3. The predicted octanol–water partition coefficient (Wildman–Crippen LogP) is 2.62. The van der Waals surface area contributed by atoms with Gasteiger partial charge < -0.3 is 5.73 Å². The van der Waals surface area contributed by atoms with Crippen LogP contribution >= 0.6 is 11.3 Å². The first-order chi connectivity index (χ1) is 6.77. The normalized spacial score (nSPS) is 10.4. The van der Waals surface area contributed by atoms with Gasteiger partial charge in [0.25, 0.3) is 0 Å². The summed E-state index contributed by atoms with van der Waals surface area (Å²) in [5.41, 5.74) is 10.9. The highest BCUT2D eigenvalue weighted by Crippen LogP contribution is 2.20. The number of aromatic nitrogens is 1. The van der Waals surface area contributed by atoms with E-state index < -0.39 is 0 Å². The number of rotatable bonds is 2. The molecule has 0 bridgehead atoms. The molecule has 0 aliphatic carbocycles. The zero-order chi connectivity index (χ0) is 9.97. The van der Waals surface area contributed by atoms with Gasteiger partial charge in [-0.1, -0.05) is 18.2 Å². The summed E-state index contributed by atoms with van der Waals surface area (Å²) in [4.78, 5) is 5.51. The van der Waals surface area contributed by atoms with Crippen LogP contribution in [0, 0.1) is 6.92 Å². The third-order valence-electron chi connectivity index (χ3n) is 2.25. The molecule has 2 nitrogen and oxygen atoms in total. The minimum atomic E-state index is 0.861. The Labute approximate surface area is 87.4 Å². The van der Waals surface area contributed by atoms with Crippen molar-refractivity contribution < 1.29 is 0 Å². The summed E-state index contributed by atoms with van der Waals surface area (Å²) in [5.74, 6) is 0. The van der Waals surface area contributed by atoms with E-state index in [1.807, 2.05) is 30.6 Å². The van der Waals surface area contributed by atoms with Crippen LogP contribution in [0.25, 0.3) is 0 Å².